The van der Waals surface area contributed by atoms with E-state index in [9.17, 15) is 5.11 Å². The Balaban J connectivity index is 1.61. The Kier molecular flexibility index (Phi) is 2.60. The summed E-state index contributed by atoms with van der Waals surface area (Å²) in [6.45, 7) is 0.666. The van der Waals surface area contributed by atoms with Crippen molar-refractivity contribution in [1.29, 1.82) is 0 Å². The van der Waals surface area contributed by atoms with Crippen LogP contribution in [-0.4, -0.2) is 22.1 Å². The van der Waals surface area contributed by atoms with Crippen molar-refractivity contribution in [2.24, 2.45) is 0 Å². The number of nitrogens with zero attached hydrogens (tertiary/aromatic N) is 1. The second-order valence-electron chi connectivity index (χ2n) is 4.83. The summed E-state index contributed by atoms with van der Waals surface area (Å²) in [5, 5.41) is 21.4. The number of hydrogen-bond donors (Lipinski definition) is 3. The molecule has 2 aromatic carbocycles. The summed E-state index contributed by atoms with van der Waals surface area (Å²) in [6, 6.07) is 9.28. The molecule has 0 atom stereocenters. The number of ether oxygens (including phenoxy) is 2. The van der Waals surface area contributed by atoms with Gasteiger partial charge in [-0.3, -0.25) is 5.10 Å². The monoisotopic (exact) mass is 283 g/mol. The van der Waals surface area contributed by atoms with Gasteiger partial charge in [0.15, 0.2) is 11.5 Å². The van der Waals surface area contributed by atoms with Crippen LogP contribution in [0.15, 0.2) is 36.5 Å². The Morgan fingerprint density at radius 3 is 3.00 bits per heavy atom. The molecule has 0 fully saturated rings. The first-order chi connectivity index (χ1) is 10.3. The fraction of sp³-hybridized carbons (Fsp3) is 0.133. The number of aromatic hydroxyl groups is 1. The lowest BCUT2D eigenvalue weighted by Crippen LogP contribution is -2.00. The van der Waals surface area contributed by atoms with E-state index in [1.54, 1.807) is 18.3 Å². The molecule has 106 valence electrons. The van der Waals surface area contributed by atoms with E-state index >= 15 is 0 Å². The maximum Gasteiger partial charge on any atom is 0.231 e. The molecule has 0 unspecified atom stereocenters. The van der Waals surface area contributed by atoms with Gasteiger partial charge in [0.2, 0.25) is 6.79 Å². The fourth-order valence-electron chi connectivity index (χ4n) is 2.42. The van der Waals surface area contributed by atoms with E-state index in [1.165, 1.54) is 0 Å². The number of phenolic OH excluding ortho intramolecular Hbond substituents is 1. The van der Waals surface area contributed by atoms with Gasteiger partial charge < -0.3 is 19.9 Å². The molecule has 1 aliphatic heterocycles. The van der Waals surface area contributed by atoms with Gasteiger partial charge in [0.25, 0.3) is 0 Å². The number of anilines is 1. The van der Waals surface area contributed by atoms with E-state index in [0.29, 0.717) is 18.0 Å². The number of phenols is 1. The van der Waals surface area contributed by atoms with Crippen LogP contribution in [0.5, 0.6) is 17.2 Å². The van der Waals surface area contributed by atoms with Gasteiger partial charge in [-0.05, 0) is 12.1 Å². The summed E-state index contributed by atoms with van der Waals surface area (Å²) in [4.78, 5) is 0. The van der Waals surface area contributed by atoms with Gasteiger partial charge in [0.05, 0.1) is 17.4 Å². The number of aromatic nitrogens is 2. The molecule has 0 aliphatic carbocycles. The first kappa shape index (κ1) is 11.9. The minimum Gasteiger partial charge on any atom is -0.507 e. The van der Waals surface area contributed by atoms with Crippen molar-refractivity contribution in [1.82, 2.24) is 10.2 Å². The first-order valence-corrected chi connectivity index (χ1v) is 6.59. The molecule has 6 heteroatoms. The third-order valence-electron chi connectivity index (χ3n) is 3.52. The topological polar surface area (TPSA) is 79.4 Å². The molecule has 1 aromatic heterocycles. The zero-order valence-electron chi connectivity index (χ0n) is 11.1. The lowest BCUT2D eigenvalue weighted by molar-refractivity contribution is 0.174. The Morgan fingerprint density at radius 1 is 1.24 bits per heavy atom. The zero-order chi connectivity index (χ0) is 14.2. The summed E-state index contributed by atoms with van der Waals surface area (Å²) < 4.78 is 10.6. The molecule has 6 nitrogen and oxygen atoms in total. The molecule has 0 saturated heterocycles. The molecule has 21 heavy (non-hydrogen) atoms. The molecular formula is C15H13N3O3. The summed E-state index contributed by atoms with van der Waals surface area (Å²) >= 11 is 0. The standard InChI is InChI=1S/C15H13N3O3/c19-12-5-14-13(20-8-21-14)4-10(12)6-16-11-3-1-2-9-7-17-18-15(9)11/h1-5,7,16,19H,6,8H2,(H,17,18). The SMILES string of the molecule is Oc1cc2c(cc1CNc1cccc3cn[nH]c13)OCO2. The highest BCUT2D eigenvalue weighted by molar-refractivity contribution is 5.89. The summed E-state index contributed by atoms with van der Waals surface area (Å²) in [6.07, 6.45) is 1.78. The largest absolute Gasteiger partial charge is 0.507 e. The Hall–Kier alpha value is -2.89. The number of benzene rings is 2. The highest BCUT2D eigenvalue weighted by atomic mass is 16.7. The summed E-state index contributed by atoms with van der Waals surface area (Å²) in [5.41, 5.74) is 2.62. The molecule has 1 aliphatic rings. The lowest BCUT2D eigenvalue weighted by Gasteiger charge is -2.10. The van der Waals surface area contributed by atoms with Crippen molar-refractivity contribution < 1.29 is 14.6 Å². The normalized spacial score (nSPS) is 12.8. The number of nitrogens with one attached hydrogen (secondary N) is 2. The molecule has 2 heterocycles. The first-order valence-electron chi connectivity index (χ1n) is 6.59. The van der Waals surface area contributed by atoms with Crippen LogP contribution in [0.1, 0.15) is 5.56 Å². The molecule has 0 amide bonds. The van der Waals surface area contributed by atoms with Crippen LogP contribution < -0.4 is 14.8 Å². The van der Waals surface area contributed by atoms with E-state index in [2.05, 4.69) is 15.5 Å². The highest BCUT2D eigenvalue weighted by Gasteiger charge is 2.17. The Labute approximate surface area is 120 Å². The maximum absolute atomic E-state index is 10.0. The molecule has 4 rings (SSSR count). The van der Waals surface area contributed by atoms with E-state index in [-0.39, 0.29) is 12.5 Å². The molecular weight excluding hydrogens is 270 g/mol. The van der Waals surface area contributed by atoms with Crippen LogP contribution in [0.3, 0.4) is 0 Å². The molecule has 3 aromatic rings. The third-order valence-corrected chi connectivity index (χ3v) is 3.52. The zero-order valence-corrected chi connectivity index (χ0v) is 11.1. The lowest BCUT2D eigenvalue weighted by atomic mass is 10.1. The van der Waals surface area contributed by atoms with Crippen LogP contribution >= 0.6 is 0 Å². The smallest absolute Gasteiger partial charge is 0.231 e. The van der Waals surface area contributed by atoms with E-state index in [1.807, 2.05) is 18.2 Å². The van der Waals surface area contributed by atoms with Crippen molar-refractivity contribution in [3.63, 3.8) is 0 Å². The molecule has 0 saturated carbocycles. The predicted molar refractivity (Wildman–Crippen MR) is 77.7 cm³/mol. The highest BCUT2D eigenvalue weighted by Crippen LogP contribution is 2.37. The van der Waals surface area contributed by atoms with Crippen molar-refractivity contribution in [3.8, 4) is 17.2 Å². The average molecular weight is 283 g/mol. The number of para-hydroxylation sites is 1. The van der Waals surface area contributed by atoms with E-state index in [4.69, 9.17) is 9.47 Å². The predicted octanol–water partition coefficient (Wildman–Crippen LogP) is 2.61. The van der Waals surface area contributed by atoms with E-state index in [0.717, 1.165) is 22.2 Å². The van der Waals surface area contributed by atoms with Gasteiger partial charge in [-0.1, -0.05) is 12.1 Å². The number of H-pyrrole nitrogens is 1. The van der Waals surface area contributed by atoms with Crippen molar-refractivity contribution >= 4 is 16.6 Å². The van der Waals surface area contributed by atoms with Crippen LogP contribution in [0, 0.1) is 0 Å². The minimum atomic E-state index is 0.184. The van der Waals surface area contributed by atoms with Crippen LogP contribution in [0.4, 0.5) is 5.69 Å². The average Bonchev–Trinajstić information content (AvgIpc) is 3.12. The molecule has 0 radical (unpaired) electrons. The molecule has 0 spiro atoms. The summed E-state index contributed by atoms with van der Waals surface area (Å²) in [7, 11) is 0. The maximum atomic E-state index is 10.0. The quantitative estimate of drug-likeness (QED) is 0.688. The minimum absolute atomic E-state index is 0.184. The van der Waals surface area contributed by atoms with Crippen molar-refractivity contribution in [2.75, 3.05) is 12.1 Å². The number of fused-ring (bicyclic) bond motifs is 2. The van der Waals surface area contributed by atoms with Crippen LogP contribution in [-0.2, 0) is 6.54 Å². The number of aromatic amines is 1. The van der Waals surface area contributed by atoms with Crippen LogP contribution in [0.2, 0.25) is 0 Å². The Morgan fingerprint density at radius 2 is 2.10 bits per heavy atom. The van der Waals surface area contributed by atoms with Crippen LogP contribution in [0.25, 0.3) is 10.9 Å². The molecule has 0 bridgehead atoms. The molecule has 3 N–H and O–H groups in total. The van der Waals surface area contributed by atoms with Gasteiger partial charge >= 0.3 is 0 Å². The van der Waals surface area contributed by atoms with Gasteiger partial charge in [-0.25, -0.2) is 0 Å². The van der Waals surface area contributed by atoms with Gasteiger partial charge in [-0.2, -0.15) is 5.10 Å². The number of rotatable bonds is 3. The second kappa shape index (κ2) is 4.59. The van der Waals surface area contributed by atoms with Gasteiger partial charge in [0.1, 0.15) is 5.75 Å². The number of hydrogen-bond acceptors (Lipinski definition) is 5. The van der Waals surface area contributed by atoms with E-state index < -0.39 is 0 Å². The summed E-state index contributed by atoms with van der Waals surface area (Å²) in [5.74, 6) is 1.42. The Bertz CT molecular complexity index is 813. The van der Waals surface area contributed by atoms with Crippen molar-refractivity contribution in [2.45, 2.75) is 6.54 Å². The van der Waals surface area contributed by atoms with Gasteiger partial charge in [-0.15, -0.1) is 0 Å². The fourth-order valence-corrected chi connectivity index (χ4v) is 2.42. The third kappa shape index (κ3) is 2.01. The van der Waals surface area contributed by atoms with Crippen molar-refractivity contribution in [3.05, 3.63) is 42.1 Å². The van der Waals surface area contributed by atoms with Gasteiger partial charge in [0, 0.05) is 23.6 Å². The second-order valence-corrected chi connectivity index (χ2v) is 4.83.